The lowest BCUT2D eigenvalue weighted by molar-refractivity contribution is -0.135. The molecule has 2 saturated heterocycles. The lowest BCUT2D eigenvalue weighted by atomic mass is 9.96. The molecule has 0 spiro atoms. The van der Waals surface area contributed by atoms with E-state index >= 15 is 0 Å². The highest BCUT2D eigenvalue weighted by atomic mass is 16.2. The summed E-state index contributed by atoms with van der Waals surface area (Å²) in [4.78, 5) is 40.0. The molecule has 1 amide bonds. The van der Waals surface area contributed by atoms with Crippen LogP contribution in [0.4, 0.5) is 11.6 Å². The molecule has 2 aromatic rings. The molecule has 4 heterocycles. The van der Waals surface area contributed by atoms with E-state index in [1.807, 2.05) is 11.0 Å². The second kappa shape index (κ2) is 8.59. The van der Waals surface area contributed by atoms with Gasteiger partial charge in [0.2, 0.25) is 11.9 Å². The Kier molecular flexibility index (Phi) is 5.73. The maximum Gasteiger partial charge on any atom is 0.268 e. The third-order valence-electron chi connectivity index (χ3n) is 5.73. The van der Waals surface area contributed by atoms with Gasteiger partial charge in [-0.2, -0.15) is 5.10 Å². The van der Waals surface area contributed by atoms with Crippen molar-refractivity contribution in [3.63, 3.8) is 0 Å². The molecule has 2 fully saturated rings. The van der Waals surface area contributed by atoms with Crippen molar-refractivity contribution < 1.29 is 4.79 Å². The van der Waals surface area contributed by atoms with E-state index in [0.29, 0.717) is 13.1 Å². The highest BCUT2D eigenvalue weighted by molar-refractivity contribution is 5.80. The van der Waals surface area contributed by atoms with Crippen LogP contribution in [-0.4, -0.2) is 69.8 Å². The first-order chi connectivity index (χ1) is 14.1. The van der Waals surface area contributed by atoms with Crippen LogP contribution in [0.1, 0.15) is 19.3 Å². The van der Waals surface area contributed by atoms with E-state index in [2.05, 4.69) is 24.9 Å². The average molecular weight is 397 g/mol. The summed E-state index contributed by atoms with van der Waals surface area (Å²) in [5.41, 5.74) is 0.667. The molecule has 0 N–H and O–H groups in total. The molecule has 1 atom stereocenters. The second-order valence-corrected chi connectivity index (χ2v) is 7.68. The predicted octanol–water partition coefficient (Wildman–Crippen LogP) is 0.526. The molecule has 0 radical (unpaired) electrons. The summed E-state index contributed by atoms with van der Waals surface area (Å²) in [5, 5.41) is 4.11. The molecule has 2 aromatic heterocycles. The summed E-state index contributed by atoms with van der Waals surface area (Å²) in [6, 6.07) is 3.41. The Hall–Kier alpha value is -2.97. The fourth-order valence-corrected chi connectivity index (χ4v) is 4.10. The summed E-state index contributed by atoms with van der Waals surface area (Å²) in [6.45, 7) is 4.51. The number of amides is 1. The number of anilines is 2. The minimum Gasteiger partial charge on any atom is -0.369 e. The lowest BCUT2D eigenvalue weighted by Crippen LogP contribution is -2.46. The molecule has 29 heavy (non-hydrogen) atoms. The van der Waals surface area contributed by atoms with Gasteiger partial charge >= 0.3 is 0 Å². The smallest absolute Gasteiger partial charge is 0.268 e. The molecule has 2 aliphatic rings. The first-order valence-corrected chi connectivity index (χ1v) is 10.2. The van der Waals surface area contributed by atoms with Crippen LogP contribution in [0.25, 0.3) is 0 Å². The highest BCUT2D eigenvalue weighted by Gasteiger charge is 2.31. The third kappa shape index (κ3) is 4.38. The summed E-state index contributed by atoms with van der Waals surface area (Å²) >= 11 is 0. The number of nitrogens with zero attached hydrogens (tertiary/aromatic N) is 7. The van der Waals surface area contributed by atoms with Crippen LogP contribution < -0.4 is 15.4 Å². The summed E-state index contributed by atoms with van der Waals surface area (Å²) in [7, 11) is 1.64. The molecule has 9 heteroatoms. The Morgan fingerprint density at radius 2 is 1.83 bits per heavy atom. The Balaban J connectivity index is 1.39. The van der Waals surface area contributed by atoms with E-state index in [4.69, 9.17) is 0 Å². The number of hydrogen-bond acceptors (Lipinski definition) is 7. The molecule has 2 aliphatic heterocycles. The monoisotopic (exact) mass is 397 g/mol. The molecule has 1 unspecified atom stereocenters. The molecule has 0 aliphatic carbocycles. The zero-order valence-electron chi connectivity index (χ0n) is 16.8. The summed E-state index contributed by atoms with van der Waals surface area (Å²) in [6.07, 6.45) is 7.92. The van der Waals surface area contributed by atoms with Gasteiger partial charge in [-0.1, -0.05) is 0 Å². The van der Waals surface area contributed by atoms with E-state index in [0.717, 1.165) is 57.1 Å². The first-order valence-electron chi connectivity index (χ1n) is 10.2. The third-order valence-corrected chi connectivity index (χ3v) is 5.73. The number of carbonyl (C=O) groups is 1. The van der Waals surface area contributed by atoms with Crippen LogP contribution in [0, 0.1) is 5.92 Å². The van der Waals surface area contributed by atoms with Gasteiger partial charge in [-0.25, -0.2) is 14.6 Å². The fourth-order valence-electron chi connectivity index (χ4n) is 4.10. The van der Waals surface area contributed by atoms with Gasteiger partial charge < -0.3 is 14.7 Å². The van der Waals surface area contributed by atoms with Crippen molar-refractivity contribution in [3.8, 4) is 0 Å². The number of carbonyl (C=O) groups excluding carboxylic acids is 1. The minimum atomic E-state index is -0.133. The molecule has 4 rings (SSSR count). The summed E-state index contributed by atoms with van der Waals surface area (Å²) in [5.74, 6) is 0.887. The number of hydrogen-bond donors (Lipinski definition) is 0. The van der Waals surface area contributed by atoms with Gasteiger partial charge in [-0.05, 0) is 25.3 Å². The van der Waals surface area contributed by atoms with Crippen molar-refractivity contribution >= 4 is 17.5 Å². The first kappa shape index (κ1) is 19.4. The average Bonchev–Trinajstić information content (AvgIpc) is 3.02. The zero-order valence-corrected chi connectivity index (χ0v) is 16.8. The van der Waals surface area contributed by atoms with Gasteiger partial charge in [-0.3, -0.25) is 9.59 Å². The Morgan fingerprint density at radius 3 is 2.62 bits per heavy atom. The minimum absolute atomic E-state index is 0.0488. The summed E-state index contributed by atoms with van der Waals surface area (Å²) < 4.78 is 1.31. The van der Waals surface area contributed by atoms with Crippen LogP contribution in [0.3, 0.4) is 0 Å². The van der Waals surface area contributed by atoms with Crippen LogP contribution >= 0.6 is 0 Å². The van der Waals surface area contributed by atoms with Crippen molar-refractivity contribution in [2.45, 2.75) is 19.3 Å². The molecule has 0 aromatic carbocycles. The highest BCUT2D eigenvalue weighted by Crippen LogP contribution is 2.24. The van der Waals surface area contributed by atoms with Gasteiger partial charge in [0.1, 0.15) is 0 Å². The number of aryl methyl sites for hydroxylation is 1. The van der Waals surface area contributed by atoms with Crippen molar-refractivity contribution in [2.75, 3.05) is 49.1 Å². The van der Waals surface area contributed by atoms with Gasteiger partial charge in [-0.15, -0.1) is 0 Å². The standard InChI is InChI=1S/C20H27N7O2/c1-24-18(28)13-17(14-23-24)27-8-2-5-16(15-27)19(29)25-9-4-10-26(12-11-25)20-21-6-3-7-22-20/h3,6-7,13-14,16H,2,4-5,8-12,15H2,1H3. The van der Waals surface area contributed by atoms with Crippen LogP contribution in [0.15, 0.2) is 35.5 Å². The Morgan fingerprint density at radius 1 is 1.03 bits per heavy atom. The normalized spacial score (nSPS) is 20.4. The van der Waals surface area contributed by atoms with Gasteiger partial charge in [0.25, 0.3) is 5.56 Å². The fraction of sp³-hybridized carbons (Fsp3) is 0.550. The number of aromatic nitrogens is 4. The quantitative estimate of drug-likeness (QED) is 0.746. The van der Waals surface area contributed by atoms with Crippen LogP contribution in [0.5, 0.6) is 0 Å². The van der Waals surface area contributed by atoms with Crippen molar-refractivity contribution in [3.05, 3.63) is 41.1 Å². The van der Waals surface area contributed by atoms with E-state index in [1.165, 1.54) is 4.68 Å². The van der Waals surface area contributed by atoms with E-state index < -0.39 is 0 Å². The van der Waals surface area contributed by atoms with Crippen molar-refractivity contribution in [1.82, 2.24) is 24.6 Å². The van der Waals surface area contributed by atoms with Crippen LogP contribution in [-0.2, 0) is 11.8 Å². The topological polar surface area (TPSA) is 87.5 Å². The lowest BCUT2D eigenvalue weighted by Gasteiger charge is -2.35. The second-order valence-electron chi connectivity index (χ2n) is 7.68. The van der Waals surface area contributed by atoms with Crippen LogP contribution in [0.2, 0.25) is 0 Å². The molecule has 9 nitrogen and oxygen atoms in total. The van der Waals surface area contributed by atoms with Crippen molar-refractivity contribution in [2.24, 2.45) is 13.0 Å². The number of piperidine rings is 1. The Labute approximate surface area is 170 Å². The van der Waals surface area contributed by atoms with Gasteiger partial charge in [0.15, 0.2) is 0 Å². The maximum atomic E-state index is 13.2. The van der Waals surface area contributed by atoms with E-state index in [9.17, 15) is 9.59 Å². The number of rotatable bonds is 3. The predicted molar refractivity (Wildman–Crippen MR) is 110 cm³/mol. The largest absolute Gasteiger partial charge is 0.369 e. The van der Waals surface area contributed by atoms with Gasteiger partial charge in [0.05, 0.1) is 17.8 Å². The van der Waals surface area contributed by atoms with E-state index in [1.54, 1.807) is 31.7 Å². The molecule has 154 valence electrons. The molecule has 0 saturated carbocycles. The van der Waals surface area contributed by atoms with Crippen molar-refractivity contribution in [1.29, 1.82) is 0 Å². The SMILES string of the molecule is Cn1ncc(N2CCCC(C(=O)N3CCCN(c4ncccn4)CC3)C2)cc1=O. The Bertz CT molecular complexity index is 901. The molecular formula is C20H27N7O2. The molecular weight excluding hydrogens is 370 g/mol. The van der Waals surface area contributed by atoms with E-state index in [-0.39, 0.29) is 17.4 Å². The molecule has 0 bridgehead atoms. The maximum absolute atomic E-state index is 13.2. The van der Waals surface area contributed by atoms with Gasteiger partial charge in [0, 0.05) is 64.8 Å². The zero-order chi connectivity index (χ0) is 20.2.